The van der Waals surface area contributed by atoms with Gasteiger partial charge in [-0.1, -0.05) is 25.7 Å². The van der Waals surface area contributed by atoms with Gasteiger partial charge in [0.1, 0.15) is 0 Å². The highest BCUT2D eigenvalue weighted by molar-refractivity contribution is 6.37. The van der Waals surface area contributed by atoms with Crippen molar-refractivity contribution in [1.82, 2.24) is 0 Å². The standard InChI is InChI=1S/C10H16N2O/c11-12-9-7-5-3-1-2-4-6-8-10(9)13/h1-8H2. The minimum Gasteiger partial charge on any atom is -0.361 e. The molecule has 1 rings (SSSR count). The number of Topliss-reactive ketones (excluding diaryl/α,β-unsaturated/α-hetero) is 1. The second-order valence-corrected chi connectivity index (χ2v) is 3.59. The molecule has 0 unspecified atom stereocenters. The van der Waals surface area contributed by atoms with Crippen molar-refractivity contribution < 1.29 is 9.58 Å². The maximum Gasteiger partial charge on any atom is 0.334 e. The van der Waals surface area contributed by atoms with E-state index in [2.05, 4.69) is 4.79 Å². The molecule has 0 spiro atoms. The van der Waals surface area contributed by atoms with Crippen LogP contribution in [-0.2, 0) is 4.79 Å². The molecular weight excluding hydrogens is 164 g/mol. The zero-order valence-electron chi connectivity index (χ0n) is 7.96. The number of hydrogen-bond donors (Lipinski definition) is 0. The Morgan fingerprint density at radius 3 is 2.08 bits per heavy atom. The second kappa shape index (κ2) is 5.65. The summed E-state index contributed by atoms with van der Waals surface area (Å²) in [5.74, 6) is 0.0319. The minimum atomic E-state index is 0.0319. The smallest absolute Gasteiger partial charge is 0.334 e. The lowest BCUT2D eigenvalue weighted by atomic mass is 9.99. The van der Waals surface area contributed by atoms with E-state index < -0.39 is 0 Å². The maximum atomic E-state index is 11.4. The summed E-state index contributed by atoms with van der Waals surface area (Å²) >= 11 is 0. The van der Waals surface area contributed by atoms with E-state index in [0.717, 1.165) is 25.7 Å². The summed E-state index contributed by atoms with van der Waals surface area (Å²) in [5.41, 5.74) is 8.98. The molecule has 0 aromatic heterocycles. The van der Waals surface area contributed by atoms with Gasteiger partial charge in [-0.25, -0.2) is 0 Å². The Balaban J connectivity index is 2.52. The molecule has 0 aliphatic heterocycles. The summed E-state index contributed by atoms with van der Waals surface area (Å²) in [7, 11) is 0. The molecule has 0 N–H and O–H groups in total. The van der Waals surface area contributed by atoms with Crippen molar-refractivity contribution in [3.63, 3.8) is 0 Å². The van der Waals surface area contributed by atoms with E-state index in [1.54, 1.807) is 0 Å². The van der Waals surface area contributed by atoms with Crippen molar-refractivity contribution >= 4 is 11.5 Å². The van der Waals surface area contributed by atoms with Crippen LogP contribution in [0.3, 0.4) is 0 Å². The van der Waals surface area contributed by atoms with Gasteiger partial charge in [-0.2, -0.15) is 4.79 Å². The molecule has 0 bridgehead atoms. The number of rotatable bonds is 0. The van der Waals surface area contributed by atoms with E-state index in [1.165, 1.54) is 12.8 Å². The fourth-order valence-electron chi connectivity index (χ4n) is 1.67. The Labute approximate surface area is 78.8 Å². The molecule has 1 aliphatic carbocycles. The first kappa shape index (κ1) is 10.1. The molecule has 0 saturated heterocycles. The molecule has 0 aromatic carbocycles. The molecular formula is C10H16N2O. The second-order valence-electron chi connectivity index (χ2n) is 3.59. The fraction of sp³-hybridized carbons (Fsp3) is 0.800. The third kappa shape index (κ3) is 3.51. The van der Waals surface area contributed by atoms with Crippen molar-refractivity contribution in [3.8, 4) is 0 Å². The Morgan fingerprint density at radius 1 is 0.923 bits per heavy atom. The van der Waals surface area contributed by atoms with Gasteiger partial charge in [0, 0.05) is 6.42 Å². The van der Waals surface area contributed by atoms with Crippen molar-refractivity contribution in [2.24, 2.45) is 0 Å². The van der Waals surface area contributed by atoms with Crippen LogP contribution in [-0.4, -0.2) is 16.3 Å². The van der Waals surface area contributed by atoms with E-state index in [0.29, 0.717) is 18.6 Å². The Morgan fingerprint density at radius 2 is 1.46 bits per heavy atom. The van der Waals surface area contributed by atoms with Crippen LogP contribution in [0.15, 0.2) is 0 Å². The van der Waals surface area contributed by atoms with Crippen molar-refractivity contribution in [3.05, 3.63) is 5.53 Å². The molecule has 1 aliphatic rings. The van der Waals surface area contributed by atoms with Crippen LogP contribution in [0.4, 0.5) is 0 Å². The largest absolute Gasteiger partial charge is 0.361 e. The van der Waals surface area contributed by atoms with E-state index in [4.69, 9.17) is 5.53 Å². The average molecular weight is 180 g/mol. The lowest BCUT2D eigenvalue weighted by Gasteiger charge is -2.03. The topological polar surface area (TPSA) is 53.5 Å². The average Bonchev–Trinajstić information content (AvgIpc) is 2.16. The van der Waals surface area contributed by atoms with Crippen LogP contribution < -0.4 is 0 Å². The molecule has 0 amide bonds. The van der Waals surface area contributed by atoms with Gasteiger partial charge in [-0.15, -0.1) is 0 Å². The van der Waals surface area contributed by atoms with Crippen LogP contribution in [0.2, 0.25) is 0 Å². The summed E-state index contributed by atoms with van der Waals surface area (Å²) in [5, 5.41) is 0. The molecule has 0 atom stereocenters. The lowest BCUT2D eigenvalue weighted by molar-refractivity contribution is -0.117. The van der Waals surface area contributed by atoms with Gasteiger partial charge in [0.15, 0.2) is 0 Å². The van der Waals surface area contributed by atoms with Crippen LogP contribution in [0.1, 0.15) is 51.4 Å². The van der Waals surface area contributed by atoms with Gasteiger partial charge in [0.2, 0.25) is 5.78 Å². The lowest BCUT2D eigenvalue weighted by Crippen LogP contribution is -2.15. The summed E-state index contributed by atoms with van der Waals surface area (Å²) in [4.78, 5) is 14.4. The number of nitrogens with zero attached hydrogens (tertiary/aromatic N) is 2. The molecule has 0 heterocycles. The summed E-state index contributed by atoms with van der Waals surface area (Å²) < 4.78 is 0. The van der Waals surface area contributed by atoms with Crippen LogP contribution in [0.25, 0.3) is 5.53 Å². The van der Waals surface area contributed by atoms with Crippen LogP contribution >= 0.6 is 0 Å². The number of carbonyl (C=O) groups is 1. The first-order valence-corrected chi connectivity index (χ1v) is 5.08. The molecule has 1 fully saturated rings. The zero-order chi connectivity index (χ0) is 9.52. The molecule has 3 nitrogen and oxygen atoms in total. The SMILES string of the molecule is [N-]=[N+]=C1CCCCCCCCC1=O. The third-order valence-corrected chi connectivity index (χ3v) is 2.51. The minimum absolute atomic E-state index is 0.0319. The Hall–Kier alpha value is -0.950. The number of hydrogen-bond acceptors (Lipinski definition) is 1. The molecule has 13 heavy (non-hydrogen) atoms. The molecule has 0 radical (unpaired) electrons. The van der Waals surface area contributed by atoms with Crippen LogP contribution in [0, 0.1) is 0 Å². The normalized spacial score (nSPS) is 20.9. The van der Waals surface area contributed by atoms with Crippen LogP contribution in [0.5, 0.6) is 0 Å². The highest BCUT2D eigenvalue weighted by Gasteiger charge is 2.19. The van der Waals surface area contributed by atoms with E-state index >= 15 is 0 Å². The summed E-state index contributed by atoms with van der Waals surface area (Å²) in [6, 6.07) is 0. The van der Waals surface area contributed by atoms with Gasteiger partial charge in [0.05, 0.1) is 6.42 Å². The van der Waals surface area contributed by atoms with E-state index in [1.807, 2.05) is 0 Å². The van der Waals surface area contributed by atoms with Gasteiger partial charge >= 0.3 is 5.71 Å². The Bertz CT molecular complexity index is 229. The monoisotopic (exact) mass is 180 g/mol. The molecule has 1 saturated carbocycles. The first-order valence-electron chi connectivity index (χ1n) is 5.08. The number of carbonyl (C=O) groups excluding carboxylic acids is 1. The molecule has 3 heteroatoms. The predicted molar refractivity (Wildman–Crippen MR) is 50.6 cm³/mol. The summed E-state index contributed by atoms with van der Waals surface area (Å²) in [6.45, 7) is 0. The fourth-order valence-corrected chi connectivity index (χ4v) is 1.67. The van der Waals surface area contributed by atoms with Crippen molar-refractivity contribution in [2.75, 3.05) is 0 Å². The third-order valence-electron chi connectivity index (χ3n) is 2.51. The maximum absolute atomic E-state index is 11.4. The Kier molecular flexibility index (Phi) is 4.41. The molecule has 0 aromatic rings. The van der Waals surface area contributed by atoms with Gasteiger partial charge in [0.25, 0.3) is 0 Å². The zero-order valence-corrected chi connectivity index (χ0v) is 7.96. The van der Waals surface area contributed by atoms with Gasteiger partial charge in [-0.05, 0) is 12.8 Å². The van der Waals surface area contributed by atoms with E-state index in [-0.39, 0.29) is 5.78 Å². The molecule has 72 valence electrons. The van der Waals surface area contributed by atoms with Gasteiger partial charge < -0.3 is 5.53 Å². The highest BCUT2D eigenvalue weighted by Crippen LogP contribution is 2.12. The summed E-state index contributed by atoms with van der Waals surface area (Å²) in [6.07, 6.45) is 7.88. The van der Waals surface area contributed by atoms with Crippen molar-refractivity contribution in [1.29, 1.82) is 0 Å². The number of ketones is 1. The van der Waals surface area contributed by atoms with E-state index in [9.17, 15) is 4.79 Å². The first-order chi connectivity index (χ1) is 6.34. The van der Waals surface area contributed by atoms with Crippen molar-refractivity contribution in [2.45, 2.75) is 51.4 Å². The van der Waals surface area contributed by atoms with Gasteiger partial charge in [-0.3, -0.25) is 4.79 Å². The predicted octanol–water partition coefficient (Wildman–Crippen LogP) is 2.36. The highest BCUT2D eigenvalue weighted by atomic mass is 16.1. The quantitative estimate of drug-likeness (QED) is 0.417.